The van der Waals surface area contributed by atoms with Gasteiger partial charge in [-0.3, -0.25) is 4.90 Å². The molecule has 1 aromatic rings. The van der Waals surface area contributed by atoms with Gasteiger partial charge in [0.2, 0.25) is 0 Å². The van der Waals surface area contributed by atoms with Gasteiger partial charge in [0, 0.05) is 12.1 Å². The Morgan fingerprint density at radius 3 is 2.50 bits per heavy atom. The lowest BCUT2D eigenvalue weighted by Crippen LogP contribution is -2.42. The summed E-state index contributed by atoms with van der Waals surface area (Å²) < 4.78 is 5.77. The molecule has 1 aliphatic rings. The molecule has 20 heavy (non-hydrogen) atoms. The molecular formula is C17H28N2O. The number of likely N-dealkylation sites (tertiary alicyclic amines) is 1. The predicted octanol–water partition coefficient (Wildman–Crippen LogP) is 3.21. The molecule has 1 aliphatic heterocycles. The number of nitrogens with two attached hydrogens (primary N) is 1. The molecule has 1 unspecified atom stereocenters. The Morgan fingerprint density at radius 1 is 1.25 bits per heavy atom. The van der Waals surface area contributed by atoms with E-state index in [1.807, 2.05) is 13.0 Å². The van der Waals surface area contributed by atoms with Crippen molar-refractivity contribution in [2.75, 3.05) is 26.2 Å². The number of para-hydroxylation sites is 1. The summed E-state index contributed by atoms with van der Waals surface area (Å²) in [5.74, 6) is 0.982. The van der Waals surface area contributed by atoms with Crippen molar-refractivity contribution in [3.8, 4) is 5.75 Å². The van der Waals surface area contributed by atoms with Crippen LogP contribution in [-0.4, -0.2) is 31.1 Å². The van der Waals surface area contributed by atoms with Crippen LogP contribution in [-0.2, 0) is 0 Å². The molecular weight excluding hydrogens is 248 g/mol. The number of benzene rings is 1. The van der Waals surface area contributed by atoms with Gasteiger partial charge in [-0.05, 0) is 44.3 Å². The summed E-state index contributed by atoms with van der Waals surface area (Å²) in [5, 5.41) is 0. The van der Waals surface area contributed by atoms with Crippen LogP contribution in [0.25, 0.3) is 0 Å². The summed E-state index contributed by atoms with van der Waals surface area (Å²) in [6, 6.07) is 8.59. The first-order valence-corrected chi connectivity index (χ1v) is 7.73. The number of rotatable bonds is 5. The minimum absolute atomic E-state index is 0.272. The molecule has 0 aromatic heterocycles. The quantitative estimate of drug-likeness (QED) is 0.897. The van der Waals surface area contributed by atoms with Crippen molar-refractivity contribution in [2.45, 2.75) is 39.7 Å². The highest BCUT2D eigenvalue weighted by Crippen LogP contribution is 2.35. The monoisotopic (exact) mass is 276 g/mol. The van der Waals surface area contributed by atoms with E-state index < -0.39 is 0 Å². The number of ether oxygens (including phenoxy) is 1. The maximum atomic E-state index is 6.07. The van der Waals surface area contributed by atoms with Gasteiger partial charge in [-0.1, -0.05) is 32.0 Å². The molecule has 0 amide bonds. The van der Waals surface area contributed by atoms with E-state index in [4.69, 9.17) is 10.5 Å². The molecule has 3 heteroatoms. The first kappa shape index (κ1) is 15.3. The largest absolute Gasteiger partial charge is 0.494 e. The van der Waals surface area contributed by atoms with Crippen LogP contribution in [0.4, 0.5) is 0 Å². The van der Waals surface area contributed by atoms with E-state index >= 15 is 0 Å². The molecule has 1 atom stereocenters. The molecule has 0 bridgehead atoms. The summed E-state index contributed by atoms with van der Waals surface area (Å²) in [5.41, 5.74) is 7.77. The Hall–Kier alpha value is -1.06. The Labute approximate surface area is 123 Å². The third-order valence-electron chi connectivity index (χ3n) is 4.39. The number of hydrogen-bond donors (Lipinski definition) is 1. The van der Waals surface area contributed by atoms with E-state index in [2.05, 4.69) is 36.9 Å². The summed E-state index contributed by atoms with van der Waals surface area (Å²) in [6.07, 6.45) is 2.47. The predicted molar refractivity (Wildman–Crippen MR) is 84.0 cm³/mol. The fourth-order valence-electron chi connectivity index (χ4n) is 2.96. The Balaban J connectivity index is 2.16. The molecule has 2 rings (SSSR count). The lowest BCUT2D eigenvalue weighted by molar-refractivity contribution is 0.0950. The van der Waals surface area contributed by atoms with Gasteiger partial charge in [0.15, 0.2) is 0 Å². The minimum atomic E-state index is 0.272. The van der Waals surface area contributed by atoms with E-state index in [1.54, 1.807) is 0 Å². The second kappa shape index (κ2) is 6.59. The maximum absolute atomic E-state index is 6.07. The Kier molecular flexibility index (Phi) is 5.06. The Morgan fingerprint density at radius 2 is 1.90 bits per heavy atom. The fraction of sp³-hybridized carbons (Fsp3) is 0.647. The molecule has 1 aromatic carbocycles. The van der Waals surface area contributed by atoms with Crippen molar-refractivity contribution in [1.82, 2.24) is 4.90 Å². The van der Waals surface area contributed by atoms with Crippen molar-refractivity contribution in [3.05, 3.63) is 29.8 Å². The zero-order chi connectivity index (χ0) is 14.6. The highest BCUT2D eigenvalue weighted by atomic mass is 16.5. The lowest BCUT2D eigenvalue weighted by Gasteiger charge is -2.41. The van der Waals surface area contributed by atoms with E-state index in [0.29, 0.717) is 18.6 Å². The number of hydrogen-bond acceptors (Lipinski definition) is 3. The van der Waals surface area contributed by atoms with Crippen molar-refractivity contribution in [1.29, 1.82) is 0 Å². The van der Waals surface area contributed by atoms with Crippen LogP contribution in [0, 0.1) is 5.41 Å². The van der Waals surface area contributed by atoms with Crippen LogP contribution in [0.3, 0.4) is 0 Å². The van der Waals surface area contributed by atoms with Gasteiger partial charge < -0.3 is 10.5 Å². The van der Waals surface area contributed by atoms with Gasteiger partial charge in [-0.25, -0.2) is 0 Å². The van der Waals surface area contributed by atoms with Crippen LogP contribution in [0.15, 0.2) is 24.3 Å². The number of nitrogens with zero attached hydrogens (tertiary/aromatic N) is 1. The zero-order valence-electron chi connectivity index (χ0n) is 13.1. The standard InChI is InChI=1S/C17H28N2O/c1-4-20-16-8-6-5-7-14(16)15(13-18)19-11-9-17(2,3)10-12-19/h5-8,15H,4,9-13,18H2,1-3H3. The summed E-state index contributed by atoms with van der Waals surface area (Å²) in [4.78, 5) is 2.52. The number of piperidine rings is 1. The summed E-state index contributed by atoms with van der Waals surface area (Å²) >= 11 is 0. The topological polar surface area (TPSA) is 38.5 Å². The van der Waals surface area contributed by atoms with Crippen molar-refractivity contribution >= 4 is 0 Å². The Bertz CT molecular complexity index is 421. The van der Waals surface area contributed by atoms with Crippen molar-refractivity contribution in [3.63, 3.8) is 0 Å². The van der Waals surface area contributed by atoms with Crippen molar-refractivity contribution in [2.24, 2.45) is 11.1 Å². The molecule has 0 saturated carbocycles. The van der Waals surface area contributed by atoms with Gasteiger partial charge in [0.1, 0.15) is 5.75 Å². The van der Waals surface area contributed by atoms with Crippen LogP contribution >= 0.6 is 0 Å². The smallest absolute Gasteiger partial charge is 0.124 e. The SMILES string of the molecule is CCOc1ccccc1C(CN)N1CCC(C)(C)CC1. The lowest BCUT2D eigenvalue weighted by atomic mass is 9.82. The van der Waals surface area contributed by atoms with Crippen LogP contribution in [0.1, 0.15) is 45.2 Å². The summed E-state index contributed by atoms with van der Waals surface area (Å²) in [7, 11) is 0. The minimum Gasteiger partial charge on any atom is -0.494 e. The average Bonchev–Trinajstić information content (AvgIpc) is 2.43. The average molecular weight is 276 g/mol. The molecule has 1 heterocycles. The maximum Gasteiger partial charge on any atom is 0.124 e. The highest BCUT2D eigenvalue weighted by molar-refractivity contribution is 5.36. The second-order valence-electron chi connectivity index (χ2n) is 6.42. The van der Waals surface area contributed by atoms with E-state index in [0.717, 1.165) is 18.8 Å². The van der Waals surface area contributed by atoms with Crippen LogP contribution < -0.4 is 10.5 Å². The molecule has 2 N–H and O–H groups in total. The van der Waals surface area contributed by atoms with E-state index in [1.165, 1.54) is 18.4 Å². The molecule has 1 fully saturated rings. The van der Waals surface area contributed by atoms with Gasteiger partial charge in [-0.2, -0.15) is 0 Å². The fourth-order valence-corrected chi connectivity index (χ4v) is 2.96. The van der Waals surface area contributed by atoms with Crippen molar-refractivity contribution < 1.29 is 4.74 Å². The molecule has 112 valence electrons. The molecule has 3 nitrogen and oxygen atoms in total. The first-order valence-electron chi connectivity index (χ1n) is 7.73. The van der Waals surface area contributed by atoms with E-state index in [-0.39, 0.29) is 6.04 Å². The first-order chi connectivity index (χ1) is 9.57. The highest BCUT2D eigenvalue weighted by Gasteiger charge is 2.30. The molecule has 0 aliphatic carbocycles. The van der Waals surface area contributed by atoms with Gasteiger partial charge in [-0.15, -0.1) is 0 Å². The normalized spacial score (nSPS) is 20.6. The molecule has 1 saturated heterocycles. The summed E-state index contributed by atoms with van der Waals surface area (Å²) in [6.45, 7) is 10.3. The van der Waals surface area contributed by atoms with Crippen LogP contribution in [0.5, 0.6) is 5.75 Å². The molecule has 0 radical (unpaired) electrons. The third kappa shape index (κ3) is 3.53. The van der Waals surface area contributed by atoms with Gasteiger partial charge >= 0.3 is 0 Å². The van der Waals surface area contributed by atoms with E-state index in [9.17, 15) is 0 Å². The van der Waals surface area contributed by atoms with Gasteiger partial charge in [0.05, 0.1) is 12.6 Å². The van der Waals surface area contributed by atoms with Gasteiger partial charge in [0.25, 0.3) is 0 Å². The third-order valence-corrected chi connectivity index (χ3v) is 4.39. The van der Waals surface area contributed by atoms with Crippen LogP contribution in [0.2, 0.25) is 0 Å². The molecule has 0 spiro atoms. The second-order valence-corrected chi connectivity index (χ2v) is 6.42. The zero-order valence-corrected chi connectivity index (χ0v) is 13.1.